The van der Waals surface area contributed by atoms with Gasteiger partial charge in [-0.15, -0.1) is 0 Å². The molecule has 1 aliphatic rings. The molecule has 5 nitrogen and oxygen atoms in total. The molecule has 24 heavy (non-hydrogen) atoms. The molecule has 5 heteroatoms. The first-order chi connectivity index (χ1) is 11.5. The number of phenolic OH excluding ortho intramolecular Hbond substituents is 1. The van der Waals surface area contributed by atoms with Crippen LogP contribution < -0.4 is 5.63 Å². The Morgan fingerprint density at radius 1 is 1.46 bits per heavy atom. The predicted octanol–water partition coefficient (Wildman–Crippen LogP) is 3.32. The number of hydrogen-bond donors (Lipinski definition) is 1. The molecule has 1 fully saturated rings. The normalized spacial score (nSPS) is 15.6. The molecule has 0 radical (unpaired) electrons. The highest BCUT2D eigenvalue weighted by Gasteiger charge is 2.32. The largest absolute Gasteiger partial charge is 0.508 e. The summed E-state index contributed by atoms with van der Waals surface area (Å²) in [6, 6.07) is 7.54. The molecule has 1 aliphatic carbocycles. The van der Waals surface area contributed by atoms with E-state index in [0.717, 1.165) is 10.9 Å². The fourth-order valence-corrected chi connectivity index (χ4v) is 3.26. The van der Waals surface area contributed by atoms with Gasteiger partial charge in [0.1, 0.15) is 11.3 Å². The number of fused-ring (bicyclic) bond motifs is 1. The third-order valence-electron chi connectivity index (χ3n) is 4.98. The molecular formula is C19H22N2O3. The maximum Gasteiger partial charge on any atom is 0.336 e. The molecule has 126 valence electrons. The Kier molecular flexibility index (Phi) is 4.59. The molecular weight excluding hydrogens is 304 g/mol. The van der Waals surface area contributed by atoms with Crippen LogP contribution in [0.4, 0.5) is 0 Å². The Morgan fingerprint density at radius 3 is 2.88 bits per heavy atom. The highest BCUT2D eigenvalue weighted by molar-refractivity contribution is 5.84. The Labute approximate surface area is 141 Å². The minimum Gasteiger partial charge on any atom is -0.508 e. The maximum atomic E-state index is 12.0. The van der Waals surface area contributed by atoms with Crippen LogP contribution in [-0.4, -0.2) is 22.6 Å². The summed E-state index contributed by atoms with van der Waals surface area (Å²) in [6.45, 7) is 5.23. The Morgan fingerprint density at radius 2 is 2.21 bits per heavy atom. The summed E-state index contributed by atoms with van der Waals surface area (Å²) in [4.78, 5) is 14.2. The number of phenols is 1. The zero-order valence-electron chi connectivity index (χ0n) is 14.1. The second-order valence-electron chi connectivity index (χ2n) is 6.63. The van der Waals surface area contributed by atoms with Gasteiger partial charge in [-0.2, -0.15) is 5.26 Å². The van der Waals surface area contributed by atoms with E-state index in [-0.39, 0.29) is 5.75 Å². The number of nitriles is 1. The van der Waals surface area contributed by atoms with E-state index in [1.165, 1.54) is 18.9 Å². The van der Waals surface area contributed by atoms with Crippen molar-refractivity contribution in [2.45, 2.75) is 45.7 Å². The second kappa shape index (κ2) is 6.66. The van der Waals surface area contributed by atoms with Crippen LogP contribution in [0.3, 0.4) is 0 Å². The van der Waals surface area contributed by atoms with E-state index >= 15 is 0 Å². The Balaban J connectivity index is 1.99. The fraction of sp³-hybridized carbons (Fsp3) is 0.474. The van der Waals surface area contributed by atoms with Gasteiger partial charge in [-0.25, -0.2) is 4.79 Å². The molecule has 1 aromatic carbocycles. The smallest absolute Gasteiger partial charge is 0.336 e. The lowest BCUT2D eigenvalue weighted by atomic mass is 10.0. The molecule has 1 N–H and O–H groups in total. The molecule has 0 amide bonds. The maximum absolute atomic E-state index is 12.0. The van der Waals surface area contributed by atoms with Gasteiger partial charge >= 0.3 is 5.63 Å². The molecule has 0 aliphatic heterocycles. The SMILES string of the molecule is Cc1c(O)ccc2c(CN(CCC#N)[C@@H](C)C3CC3)cc(=O)oc12. The van der Waals surface area contributed by atoms with Crippen molar-refractivity contribution >= 4 is 11.0 Å². The summed E-state index contributed by atoms with van der Waals surface area (Å²) >= 11 is 0. The van der Waals surface area contributed by atoms with Crippen molar-refractivity contribution in [3.63, 3.8) is 0 Å². The van der Waals surface area contributed by atoms with Crippen LogP contribution in [0.1, 0.15) is 37.3 Å². The monoisotopic (exact) mass is 326 g/mol. The summed E-state index contributed by atoms with van der Waals surface area (Å²) in [6.07, 6.45) is 2.93. The van der Waals surface area contributed by atoms with Crippen molar-refractivity contribution in [2.75, 3.05) is 6.54 Å². The molecule has 1 saturated carbocycles. The van der Waals surface area contributed by atoms with E-state index in [4.69, 9.17) is 9.68 Å². The van der Waals surface area contributed by atoms with Gasteiger partial charge in [0.05, 0.1) is 6.07 Å². The summed E-state index contributed by atoms with van der Waals surface area (Å²) in [5.41, 5.74) is 1.49. The van der Waals surface area contributed by atoms with Gasteiger partial charge < -0.3 is 9.52 Å². The van der Waals surface area contributed by atoms with Crippen molar-refractivity contribution in [3.05, 3.63) is 39.7 Å². The number of aryl methyl sites for hydroxylation is 1. The number of hydrogen-bond acceptors (Lipinski definition) is 5. The lowest BCUT2D eigenvalue weighted by molar-refractivity contribution is 0.185. The average Bonchev–Trinajstić information content (AvgIpc) is 3.39. The van der Waals surface area contributed by atoms with Crippen LogP contribution in [0.5, 0.6) is 5.75 Å². The topological polar surface area (TPSA) is 77.5 Å². The number of nitrogens with zero attached hydrogens (tertiary/aromatic N) is 2. The molecule has 2 aromatic rings. The van der Waals surface area contributed by atoms with Gasteiger partial charge in [-0.1, -0.05) is 0 Å². The van der Waals surface area contributed by atoms with Crippen LogP contribution in [0.25, 0.3) is 11.0 Å². The zero-order valence-corrected chi connectivity index (χ0v) is 14.1. The van der Waals surface area contributed by atoms with Gasteiger partial charge in [0, 0.05) is 42.6 Å². The second-order valence-corrected chi connectivity index (χ2v) is 6.63. The quantitative estimate of drug-likeness (QED) is 0.824. The predicted molar refractivity (Wildman–Crippen MR) is 91.7 cm³/mol. The molecule has 1 heterocycles. The summed E-state index contributed by atoms with van der Waals surface area (Å²) in [5, 5.41) is 19.6. The lowest BCUT2D eigenvalue weighted by Crippen LogP contribution is -2.35. The van der Waals surface area contributed by atoms with E-state index in [9.17, 15) is 9.90 Å². The molecule has 3 rings (SSSR count). The molecule has 0 unspecified atom stereocenters. The van der Waals surface area contributed by atoms with Crippen LogP contribution >= 0.6 is 0 Å². The summed E-state index contributed by atoms with van der Waals surface area (Å²) < 4.78 is 5.31. The number of aromatic hydroxyl groups is 1. The first-order valence-electron chi connectivity index (χ1n) is 8.37. The standard InChI is InChI=1S/C19H22N2O3/c1-12-17(22)7-6-16-15(10-18(23)24-19(12)16)11-21(9-3-8-20)13(2)14-4-5-14/h6-7,10,13-14,22H,3-5,9,11H2,1-2H3/t13-/m0/s1. The van der Waals surface area contributed by atoms with Gasteiger partial charge in [0.2, 0.25) is 0 Å². The van der Waals surface area contributed by atoms with E-state index in [1.807, 2.05) is 0 Å². The first-order valence-corrected chi connectivity index (χ1v) is 8.37. The highest BCUT2D eigenvalue weighted by Crippen LogP contribution is 2.36. The van der Waals surface area contributed by atoms with E-state index < -0.39 is 5.63 Å². The van der Waals surface area contributed by atoms with Crippen molar-refractivity contribution < 1.29 is 9.52 Å². The third-order valence-corrected chi connectivity index (χ3v) is 4.98. The summed E-state index contributed by atoms with van der Waals surface area (Å²) in [5.74, 6) is 0.802. The minimum absolute atomic E-state index is 0.121. The van der Waals surface area contributed by atoms with Crippen LogP contribution in [0.2, 0.25) is 0 Å². The van der Waals surface area contributed by atoms with Crippen molar-refractivity contribution in [2.24, 2.45) is 5.92 Å². The van der Waals surface area contributed by atoms with Crippen LogP contribution in [-0.2, 0) is 6.54 Å². The van der Waals surface area contributed by atoms with Gasteiger partial charge in [0.25, 0.3) is 0 Å². The van der Waals surface area contributed by atoms with E-state index in [1.54, 1.807) is 19.1 Å². The van der Waals surface area contributed by atoms with Crippen LogP contribution in [0.15, 0.2) is 27.4 Å². The fourth-order valence-electron chi connectivity index (χ4n) is 3.26. The van der Waals surface area contributed by atoms with E-state index in [2.05, 4.69) is 17.9 Å². The molecule has 1 atom stereocenters. The summed E-state index contributed by atoms with van der Waals surface area (Å²) in [7, 11) is 0. The molecule has 0 saturated heterocycles. The van der Waals surface area contributed by atoms with Gasteiger partial charge in [-0.3, -0.25) is 4.90 Å². The number of rotatable bonds is 6. The van der Waals surface area contributed by atoms with Crippen molar-refractivity contribution in [1.82, 2.24) is 4.90 Å². The highest BCUT2D eigenvalue weighted by atomic mass is 16.4. The third kappa shape index (κ3) is 3.29. The molecule has 0 spiro atoms. The van der Waals surface area contributed by atoms with Gasteiger partial charge in [0.15, 0.2) is 0 Å². The average molecular weight is 326 g/mol. The minimum atomic E-state index is -0.412. The van der Waals surface area contributed by atoms with Crippen molar-refractivity contribution in [1.29, 1.82) is 5.26 Å². The number of benzene rings is 1. The van der Waals surface area contributed by atoms with Crippen LogP contribution in [0, 0.1) is 24.2 Å². The Bertz CT molecular complexity index is 846. The first kappa shape index (κ1) is 16.5. The van der Waals surface area contributed by atoms with Gasteiger partial charge in [-0.05, 0) is 50.3 Å². The zero-order chi connectivity index (χ0) is 17.3. The molecule has 1 aromatic heterocycles. The lowest BCUT2D eigenvalue weighted by Gasteiger charge is -2.28. The van der Waals surface area contributed by atoms with Crippen molar-refractivity contribution in [3.8, 4) is 11.8 Å². The van der Waals surface area contributed by atoms with E-state index in [0.29, 0.717) is 42.6 Å². The Hall–Kier alpha value is -2.32. The molecule has 0 bridgehead atoms.